The quantitative estimate of drug-likeness (QED) is 0.374. The van der Waals surface area contributed by atoms with Crippen LogP contribution in [0, 0.1) is 0 Å². The van der Waals surface area contributed by atoms with Crippen molar-refractivity contribution in [3.8, 4) is 0 Å². The fraction of sp³-hybridized carbons (Fsp3) is 0.571. The number of aliphatic hydroxyl groups excluding tert-OH is 1. The molecule has 0 aromatic heterocycles. The number of carboxylic acids is 1. The molecular formula is C7H10IO6S-. The van der Waals surface area contributed by atoms with Crippen molar-refractivity contribution in [3.63, 3.8) is 0 Å². The number of carbonyl (C=O) groups is 3. The molecule has 0 aliphatic heterocycles. The predicted molar refractivity (Wildman–Crippen MR) is 47.8 cm³/mol. The molecule has 2 N–H and O–H groups in total. The fourth-order valence-corrected chi connectivity index (χ4v) is 1.86. The SMILES string of the molecule is [3H][I-]SC(=O)[C@H](C)OC(=O)[C@@H](O)CC(=O)O. The van der Waals surface area contributed by atoms with E-state index >= 15 is 0 Å². The van der Waals surface area contributed by atoms with E-state index < -0.39 is 56.7 Å². The number of hydrogen-bond donors (Lipinski definition) is 2. The first-order valence-electron chi connectivity index (χ1n) is 4.19. The Morgan fingerprint density at radius 1 is 1.60 bits per heavy atom. The molecule has 0 heterocycles. The zero-order valence-electron chi connectivity index (χ0n) is 8.68. The van der Waals surface area contributed by atoms with E-state index in [9.17, 15) is 14.4 Å². The van der Waals surface area contributed by atoms with Crippen LogP contribution >= 0.6 is 8.93 Å². The number of ether oxygens (including phenoxy) is 1. The van der Waals surface area contributed by atoms with E-state index in [4.69, 9.17) is 10.8 Å². The van der Waals surface area contributed by atoms with Crippen LogP contribution < -0.4 is 21.0 Å². The van der Waals surface area contributed by atoms with Gasteiger partial charge in [0.15, 0.2) is 0 Å². The van der Waals surface area contributed by atoms with Crippen molar-refractivity contribution < 1.29 is 50.3 Å². The standard InChI is InChI=1S/C7H10IO6S/c1-3(7(13)15-8)14-6(12)4(9)2-5(10)11/h3-4,8-9H,2H2,1H3,(H,10,11)/q-1/t3-,4-/m0/s1/i8T. The Bertz CT molecular complexity index is 286. The van der Waals surface area contributed by atoms with E-state index in [0.717, 1.165) is 8.93 Å². The average molecular weight is 351 g/mol. The first-order chi connectivity index (χ1) is 7.38. The van der Waals surface area contributed by atoms with E-state index in [0.29, 0.717) is 0 Å². The van der Waals surface area contributed by atoms with Gasteiger partial charge < -0.3 is 0 Å². The molecule has 88 valence electrons. The number of rotatable bonds is 6. The maximum atomic E-state index is 11.1. The van der Waals surface area contributed by atoms with Gasteiger partial charge in [-0.1, -0.05) is 0 Å². The molecule has 6 nitrogen and oxygen atoms in total. The molecule has 0 saturated carbocycles. The molecule has 0 spiro atoms. The Hall–Kier alpha value is -0.350. The Morgan fingerprint density at radius 2 is 2.20 bits per heavy atom. The summed E-state index contributed by atoms with van der Waals surface area (Å²) in [5.41, 5.74) is 0. The zero-order chi connectivity index (χ0) is 12.7. The molecule has 0 aromatic carbocycles. The van der Waals surface area contributed by atoms with Gasteiger partial charge in [0.25, 0.3) is 0 Å². The van der Waals surface area contributed by atoms with Crippen molar-refractivity contribution in [2.24, 2.45) is 0 Å². The van der Waals surface area contributed by atoms with E-state index in [1.165, 1.54) is 6.92 Å². The Balaban J connectivity index is 4.12. The van der Waals surface area contributed by atoms with Crippen molar-refractivity contribution in [3.05, 3.63) is 0 Å². The molecule has 0 saturated heterocycles. The third-order valence-corrected chi connectivity index (χ3v) is 3.13. The summed E-state index contributed by atoms with van der Waals surface area (Å²) in [5, 5.41) is 16.9. The Kier molecular flexibility index (Phi) is 5.95. The van der Waals surface area contributed by atoms with Crippen LogP contribution in [-0.2, 0) is 19.1 Å². The summed E-state index contributed by atoms with van der Waals surface area (Å²) >= 11 is -1.05. The second kappa shape index (κ2) is 7.01. The summed E-state index contributed by atoms with van der Waals surface area (Å²) in [4.78, 5) is 32.4. The number of halogens is 1. The number of aliphatic hydroxyl groups is 1. The molecule has 0 aliphatic rings. The van der Waals surface area contributed by atoms with E-state index in [1.54, 1.807) is 0 Å². The average Bonchev–Trinajstić information content (AvgIpc) is 2.16. The molecule has 0 rings (SSSR count). The van der Waals surface area contributed by atoms with Crippen LogP contribution in [0.1, 0.15) is 13.3 Å². The second-order valence-corrected chi connectivity index (χ2v) is 4.47. The summed E-state index contributed by atoms with van der Waals surface area (Å²) in [6, 6.07) is 0. The number of carboxylic acid groups (broad SMARTS) is 1. The molecular weight excluding hydrogens is 339 g/mol. The third kappa shape index (κ3) is 5.95. The molecule has 0 bridgehead atoms. The van der Waals surface area contributed by atoms with Crippen molar-refractivity contribution >= 4 is 26.0 Å². The van der Waals surface area contributed by atoms with Gasteiger partial charge in [-0.2, -0.15) is 0 Å². The first-order valence-corrected chi connectivity index (χ1v) is 7.17. The van der Waals surface area contributed by atoms with Crippen molar-refractivity contribution in [2.45, 2.75) is 25.6 Å². The Labute approximate surface area is 102 Å². The van der Waals surface area contributed by atoms with Gasteiger partial charge >= 0.3 is 102 Å². The molecule has 0 fully saturated rings. The van der Waals surface area contributed by atoms with Crippen molar-refractivity contribution in [1.29, 1.82) is 0.594 Å². The normalized spacial score (nSPS) is 15.2. The summed E-state index contributed by atoms with van der Waals surface area (Å²) in [6.45, 7) is 1.31. The maximum absolute atomic E-state index is 11.1. The topological polar surface area (TPSA) is 101 Å². The minimum absolute atomic E-state index is 0.473. The van der Waals surface area contributed by atoms with E-state index in [2.05, 4.69) is 4.74 Å². The van der Waals surface area contributed by atoms with Crippen molar-refractivity contribution in [2.75, 3.05) is 0 Å². The van der Waals surface area contributed by atoms with Gasteiger partial charge in [0.05, 0.1) is 0 Å². The van der Waals surface area contributed by atoms with Crippen LogP contribution in [0.3, 0.4) is 0 Å². The summed E-state index contributed by atoms with van der Waals surface area (Å²) in [6.07, 6.45) is -3.62. The molecule has 0 radical (unpaired) electrons. The van der Waals surface area contributed by atoms with E-state index in [-0.39, 0.29) is 0 Å². The minimum atomic E-state index is -1.77. The Morgan fingerprint density at radius 3 is 2.67 bits per heavy atom. The van der Waals surface area contributed by atoms with Crippen LogP contribution in [0.15, 0.2) is 0 Å². The molecule has 0 aliphatic carbocycles. The summed E-state index contributed by atoms with van der Waals surface area (Å²) < 4.78 is 11.4. The van der Waals surface area contributed by atoms with E-state index in [1.807, 2.05) is 0 Å². The van der Waals surface area contributed by atoms with Gasteiger partial charge in [-0.25, -0.2) is 0 Å². The molecule has 8 heteroatoms. The number of esters is 1. The molecule has 2 atom stereocenters. The van der Waals surface area contributed by atoms with Crippen LogP contribution in [0.4, 0.5) is 0 Å². The molecule has 0 unspecified atom stereocenters. The first kappa shape index (κ1) is 12.7. The van der Waals surface area contributed by atoms with Crippen LogP contribution in [0.25, 0.3) is 0 Å². The van der Waals surface area contributed by atoms with Gasteiger partial charge in [-0.3, -0.25) is 0 Å². The molecule has 0 amide bonds. The number of aliphatic carboxylic acids is 1. The van der Waals surface area contributed by atoms with Gasteiger partial charge in [0.1, 0.15) is 0 Å². The summed E-state index contributed by atoms with van der Waals surface area (Å²) in [5.74, 6) is -2.48. The van der Waals surface area contributed by atoms with Gasteiger partial charge in [-0.05, 0) is 0 Å². The number of hydrogen-bond acceptors (Lipinski definition) is 6. The van der Waals surface area contributed by atoms with Gasteiger partial charge in [0, 0.05) is 0 Å². The predicted octanol–water partition coefficient (Wildman–Crippen LogP) is -3.79. The van der Waals surface area contributed by atoms with Gasteiger partial charge in [0.2, 0.25) is 0 Å². The van der Waals surface area contributed by atoms with Crippen LogP contribution in [0.2, 0.25) is 0 Å². The fourth-order valence-electron chi connectivity index (χ4n) is 0.612. The van der Waals surface area contributed by atoms with Crippen molar-refractivity contribution in [1.82, 2.24) is 0 Å². The zero-order valence-corrected chi connectivity index (χ0v) is 10.6. The number of carbonyl (C=O) groups excluding carboxylic acids is 2. The third-order valence-electron chi connectivity index (χ3n) is 1.34. The second-order valence-electron chi connectivity index (χ2n) is 2.59. The van der Waals surface area contributed by atoms with Crippen LogP contribution in [-0.4, -0.2) is 40.1 Å². The molecule has 0 aromatic rings. The van der Waals surface area contributed by atoms with Crippen LogP contribution in [0.5, 0.6) is 0 Å². The monoisotopic (exact) mass is 351 g/mol. The molecule has 15 heavy (non-hydrogen) atoms. The van der Waals surface area contributed by atoms with Gasteiger partial charge in [-0.15, -0.1) is 0 Å². The summed E-state index contributed by atoms with van der Waals surface area (Å²) in [7, 11) is 0.770.